The van der Waals surface area contributed by atoms with Crippen LogP contribution < -0.4 is 0 Å². The van der Waals surface area contributed by atoms with Gasteiger partial charge in [-0.15, -0.1) is 0 Å². The summed E-state index contributed by atoms with van der Waals surface area (Å²) in [6.45, 7) is 2.27. The van der Waals surface area contributed by atoms with E-state index in [0.717, 1.165) is 18.6 Å². The molecule has 0 aliphatic carbocycles. The number of nitrogens with zero attached hydrogens (tertiary/aromatic N) is 1. The van der Waals surface area contributed by atoms with Crippen LogP contribution in [0.1, 0.15) is 12.8 Å². The van der Waals surface area contributed by atoms with Crippen LogP contribution in [-0.2, 0) is 4.74 Å². The fourth-order valence-corrected chi connectivity index (χ4v) is 2.25. The van der Waals surface area contributed by atoms with Crippen LogP contribution in [0, 0.1) is 5.92 Å². The SMILES string of the molecule is C1=CN2CC2C[C@@H]2CCOC12. The molecular weight excluding hydrogens is 138 g/mol. The summed E-state index contributed by atoms with van der Waals surface area (Å²) in [6.07, 6.45) is 7.55. The van der Waals surface area contributed by atoms with Crippen LogP contribution in [0.3, 0.4) is 0 Å². The van der Waals surface area contributed by atoms with E-state index in [1.54, 1.807) is 0 Å². The van der Waals surface area contributed by atoms with Crippen molar-refractivity contribution in [1.29, 1.82) is 0 Å². The van der Waals surface area contributed by atoms with Crippen LogP contribution in [-0.4, -0.2) is 30.2 Å². The van der Waals surface area contributed by atoms with Gasteiger partial charge in [-0.25, -0.2) is 0 Å². The van der Waals surface area contributed by atoms with E-state index in [1.807, 2.05) is 0 Å². The Balaban J connectivity index is 1.84. The third-order valence-corrected chi connectivity index (χ3v) is 3.06. The van der Waals surface area contributed by atoms with Gasteiger partial charge in [0, 0.05) is 19.2 Å². The lowest BCUT2D eigenvalue weighted by molar-refractivity contribution is 0.127. The van der Waals surface area contributed by atoms with E-state index in [1.165, 1.54) is 19.4 Å². The zero-order valence-electron chi connectivity index (χ0n) is 6.57. The van der Waals surface area contributed by atoms with Gasteiger partial charge in [0.05, 0.1) is 6.10 Å². The largest absolute Gasteiger partial charge is 0.374 e. The summed E-state index contributed by atoms with van der Waals surface area (Å²) in [4.78, 5) is 2.40. The molecule has 0 spiro atoms. The molecule has 3 heterocycles. The number of fused-ring (bicyclic) bond motifs is 2. The van der Waals surface area contributed by atoms with Crippen molar-refractivity contribution < 1.29 is 4.74 Å². The Hall–Kier alpha value is -0.500. The van der Waals surface area contributed by atoms with Crippen molar-refractivity contribution in [2.75, 3.05) is 13.2 Å². The molecule has 0 aromatic rings. The number of hydrogen-bond acceptors (Lipinski definition) is 2. The van der Waals surface area contributed by atoms with Crippen LogP contribution in [0.25, 0.3) is 0 Å². The summed E-state index contributed by atoms with van der Waals surface area (Å²) in [6, 6.07) is 0.864. The topological polar surface area (TPSA) is 12.2 Å². The first-order chi connectivity index (χ1) is 5.43. The van der Waals surface area contributed by atoms with Crippen molar-refractivity contribution in [3.63, 3.8) is 0 Å². The van der Waals surface area contributed by atoms with Gasteiger partial charge < -0.3 is 9.64 Å². The summed E-state index contributed by atoms with van der Waals surface area (Å²) < 4.78 is 5.59. The van der Waals surface area contributed by atoms with E-state index in [9.17, 15) is 0 Å². The van der Waals surface area contributed by atoms with E-state index in [2.05, 4.69) is 17.2 Å². The third kappa shape index (κ3) is 0.890. The minimum Gasteiger partial charge on any atom is -0.374 e. The van der Waals surface area contributed by atoms with E-state index >= 15 is 0 Å². The average molecular weight is 151 g/mol. The Morgan fingerprint density at radius 3 is 3.45 bits per heavy atom. The van der Waals surface area contributed by atoms with Gasteiger partial charge in [-0.3, -0.25) is 0 Å². The minimum absolute atomic E-state index is 0.447. The summed E-state index contributed by atoms with van der Waals surface area (Å²) in [5.74, 6) is 0.823. The molecule has 2 saturated heterocycles. The predicted molar refractivity (Wildman–Crippen MR) is 42.1 cm³/mol. The molecule has 2 nitrogen and oxygen atoms in total. The lowest BCUT2D eigenvalue weighted by Crippen LogP contribution is -2.13. The molecule has 2 heteroatoms. The Morgan fingerprint density at radius 2 is 2.45 bits per heavy atom. The Bertz CT molecular complexity index is 202. The smallest absolute Gasteiger partial charge is 0.0802 e. The van der Waals surface area contributed by atoms with Crippen LogP contribution in [0.2, 0.25) is 0 Å². The standard InChI is InChI=1S/C9H13NO/c1-3-10-6-8(10)5-7-2-4-11-9(1)7/h1,3,7-9H,2,4-6H2/t7-,8?,9?,10?/m0/s1. The molecule has 0 aromatic heterocycles. The number of rotatable bonds is 0. The molecule has 3 aliphatic heterocycles. The van der Waals surface area contributed by atoms with Crippen molar-refractivity contribution in [3.05, 3.63) is 12.3 Å². The maximum Gasteiger partial charge on any atom is 0.0802 e. The molecule has 11 heavy (non-hydrogen) atoms. The van der Waals surface area contributed by atoms with Crippen molar-refractivity contribution in [3.8, 4) is 0 Å². The molecule has 2 fully saturated rings. The zero-order valence-corrected chi connectivity index (χ0v) is 6.57. The maximum atomic E-state index is 5.59. The first kappa shape index (κ1) is 6.06. The second-order valence-electron chi connectivity index (χ2n) is 3.81. The van der Waals surface area contributed by atoms with Crippen LogP contribution >= 0.6 is 0 Å². The van der Waals surface area contributed by atoms with E-state index in [0.29, 0.717) is 6.10 Å². The molecule has 0 radical (unpaired) electrons. The Labute approximate surface area is 66.8 Å². The number of ether oxygens (including phenoxy) is 1. The normalized spacial score (nSPS) is 46.5. The molecule has 0 amide bonds. The van der Waals surface area contributed by atoms with Crippen LogP contribution in [0.4, 0.5) is 0 Å². The molecular formula is C9H13NO. The van der Waals surface area contributed by atoms with Crippen molar-refractivity contribution in [1.82, 2.24) is 4.90 Å². The van der Waals surface area contributed by atoms with E-state index < -0.39 is 0 Å². The number of hydrogen-bond donors (Lipinski definition) is 0. The highest BCUT2D eigenvalue weighted by atomic mass is 16.5. The molecule has 3 atom stereocenters. The summed E-state index contributed by atoms with van der Waals surface area (Å²) in [7, 11) is 0. The second-order valence-corrected chi connectivity index (χ2v) is 3.81. The van der Waals surface area contributed by atoms with Gasteiger partial charge in [0.2, 0.25) is 0 Å². The third-order valence-electron chi connectivity index (χ3n) is 3.06. The Morgan fingerprint density at radius 1 is 1.45 bits per heavy atom. The predicted octanol–water partition coefficient (Wildman–Crippen LogP) is 0.993. The zero-order chi connectivity index (χ0) is 7.26. The van der Waals surface area contributed by atoms with Crippen molar-refractivity contribution in [2.24, 2.45) is 5.92 Å². The molecule has 2 unspecified atom stereocenters. The van der Waals surface area contributed by atoms with Gasteiger partial charge in [0.15, 0.2) is 0 Å². The summed E-state index contributed by atoms with van der Waals surface area (Å²) >= 11 is 0. The Kier molecular flexibility index (Phi) is 1.11. The van der Waals surface area contributed by atoms with E-state index in [4.69, 9.17) is 4.74 Å². The minimum atomic E-state index is 0.447. The quantitative estimate of drug-likeness (QED) is 0.479. The average Bonchev–Trinajstić information content (AvgIpc) is 2.62. The highest BCUT2D eigenvalue weighted by Crippen LogP contribution is 2.36. The van der Waals surface area contributed by atoms with Gasteiger partial charge >= 0.3 is 0 Å². The highest BCUT2D eigenvalue weighted by molar-refractivity contribution is 5.08. The first-order valence-corrected chi connectivity index (χ1v) is 4.49. The molecule has 60 valence electrons. The van der Waals surface area contributed by atoms with Gasteiger partial charge in [0.1, 0.15) is 0 Å². The monoisotopic (exact) mass is 151 g/mol. The lowest BCUT2D eigenvalue weighted by Gasteiger charge is -2.11. The second kappa shape index (κ2) is 2.01. The molecule has 0 aromatic carbocycles. The molecule has 3 aliphatic rings. The highest BCUT2D eigenvalue weighted by Gasteiger charge is 2.39. The van der Waals surface area contributed by atoms with Crippen molar-refractivity contribution >= 4 is 0 Å². The van der Waals surface area contributed by atoms with E-state index in [-0.39, 0.29) is 0 Å². The van der Waals surface area contributed by atoms with Crippen LogP contribution in [0.15, 0.2) is 12.3 Å². The fourth-order valence-electron chi connectivity index (χ4n) is 2.25. The fraction of sp³-hybridized carbons (Fsp3) is 0.778. The van der Waals surface area contributed by atoms with Gasteiger partial charge in [-0.05, 0) is 31.0 Å². The van der Waals surface area contributed by atoms with Gasteiger partial charge in [-0.2, -0.15) is 0 Å². The molecule has 0 saturated carbocycles. The van der Waals surface area contributed by atoms with Gasteiger partial charge in [0.25, 0.3) is 0 Å². The molecule has 0 bridgehead atoms. The van der Waals surface area contributed by atoms with Gasteiger partial charge in [-0.1, -0.05) is 0 Å². The summed E-state index contributed by atoms with van der Waals surface area (Å²) in [5, 5.41) is 0. The van der Waals surface area contributed by atoms with Crippen LogP contribution in [0.5, 0.6) is 0 Å². The summed E-state index contributed by atoms with van der Waals surface area (Å²) in [5.41, 5.74) is 0. The first-order valence-electron chi connectivity index (χ1n) is 4.49. The maximum absolute atomic E-state index is 5.59. The molecule has 3 rings (SSSR count). The van der Waals surface area contributed by atoms with Crippen molar-refractivity contribution in [2.45, 2.75) is 25.0 Å². The lowest BCUT2D eigenvalue weighted by atomic mass is 9.96. The molecule has 0 N–H and O–H groups in total.